The van der Waals surface area contributed by atoms with E-state index in [0.29, 0.717) is 6.54 Å². The van der Waals surface area contributed by atoms with Gasteiger partial charge in [-0.15, -0.1) is 0 Å². The summed E-state index contributed by atoms with van der Waals surface area (Å²) >= 11 is 0. The molecule has 13 heavy (non-hydrogen) atoms. The predicted molar refractivity (Wildman–Crippen MR) is 51.7 cm³/mol. The van der Waals surface area contributed by atoms with Crippen LogP contribution in [-0.2, 0) is 9.47 Å². The van der Waals surface area contributed by atoms with Crippen LogP contribution in [0.4, 0.5) is 0 Å². The number of morpholine rings is 1. The van der Waals surface area contributed by atoms with Gasteiger partial charge in [0.15, 0.2) is 0 Å². The maximum atomic E-state index is 5.59. The summed E-state index contributed by atoms with van der Waals surface area (Å²) in [5, 5.41) is 0. The zero-order chi connectivity index (χ0) is 9.52. The summed E-state index contributed by atoms with van der Waals surface area (Å²) < 4.78 is 10.7. The molecule has 1 saturated heterocycles. The third kappa shape index (κ3) is 4.04. The molecule has 4 heteroatoms. The SMILES string of the molecule is CCOC(CN)CN1CCOCC1. The van der Waals surface area contributed by atoms with Crippen LogP contribution in [0.5, 0.6) is 0 Å². The molecule has 1 atom stereocenters. The van der Waals surface area contributed by atoms with Crippen LogP contribution in [0, 0.1) is 0 Å². The summed E-state index contributed by atoms with van der Waals surface area (Å²) in [5.74, 6) is 0. The Balaban J connectivity index is 2.18. The van der Waals surface area contributed by atoms with Crippen molar-refractivity contribution in [1.29, 1.82) is 0 Å². The van der Waals surface area contributed by atoms with Gasteiger partial charge in [0.25, 0.3) is 0 Å². The summed E-state index contributed by atoms with van der Waals surface area (Å²) in [6, 6.07) is 0. The van der Waals surface area contributed by atoms with Gasteiger partial charge in [-0.1, -0.05) is 0 Å². The van der Waals surface area contributed by atoms with Gasteiger partial charge >= 0.3 is 0 Å². The van der Waals surface area contributed by atoms with Crippen LogP contribution in [0.25, 0.3) is 0 Å². The molecule has 1 fully saturated rings. The Kier molecular flexibility index (Phi) is 5.31. The van der Waals surface area contributed by atoms with Gasteiger partial charge in [-0.2, -0.15) is 0 Å². The normalized spacial score (nSPS) is 21.7. The maximum Gasteiger partial charge on any atom is 0.0823 e. The Morgan fingerprint density at radius 2 is 2.15 bits per heavy atom. The molecule has 0 aromatic heterocycles. The fourth-order valence-electron chi connectivity index (χ4n) is 1.50. The van der Waals surface area contributed by atoms with Crippen LogP contribution in [-0.4, -0.2) is 57.0 Å². The minimum absolute atomic E-state index is 0.183. The third-order valence-corrected chi connectivity index (χ3v) is 2.23. The molecule has 0 bridgehead atoms. The zero-order valence-electron chi connectivity index (χ0n) is 8.37. The van der Waals surface area contributed by atoms with Crippen molar-refractivity contribution < 1.29 is 9.47 Å². The summed E-state index contributed by atoms with van der Waals surface area (Å²) in [6.07, 6.45) is 0.183. The van der Waals surface area contributed by atoms with E-state index in [2.05, 4.69) is 4.90 Å². The molecule has 0 radical (unpaired) electrons. The Morgan fingerprint density at radius 3 is 2.69 bits per heavy atom. The monoisotopic (exact) mass is 188 g/mol. The molecule has 1 heterocycles. The lowest BCUT2D eigenvalue weighted by atomic mass is 10.3. The molecule has 78 valence electrons. The minimum Gasteiger partial charge on any atom is -0.379 e. The van der Waals surface area contributed by atoms with Gasteiger partial charge in [-0.25, -0.2) is 0 Å². The fraction of sp³-hybridized carbons (Fsp3) is 1.00. The lowest BCUT2D eigenvalue weighted by Crippen LogP contribution is -2.43. The van der Waals surface area contributed by atoms with Crippen molar-refractivity contribution >= 4 is 0 Å². The summed E-state index contributed by atoms with van der Waals surface area (Å²) in [6.45, 7) is 7.97. The second-order valence-electron chi connectivity index (χ2n) is 3.23. The van der Waals surface area contributed by atoms with Gasteiger partial charge in [0, 0.05) is 32.8 Å². The first-order valence-electron chi connectivity index (χ1n) is 4.98. The van der Waals surface area contributed by atoms with Crippen molar-refractivity contribution in [2.75, 3.05) is 46.0 Å². The van der Waals surface area contributed by atoms with E-state index in [1.165, 1.54) is 0 Å². The molecular formula is C9H20N2O2. The third-order valence-electron chi connectivity index (χ3n) is 2.23. The lowest BCUT2D eigenvalue weighted by Gasteiger charge is -2.29. The second kappa shape index (κ2) is 6.32. The molecule has 1 unspecified atom stereocenters. The number of nitrogens with two attached hydrogens (primary N) is 1. The molecule has 0 aliphatic carbocycles. The zero-order valence-corrected chi connectivity index (χ0v) is 8.37. The van der Waals surface area contributed by atoms with E-state index >= 15 is 0 Å². The van der Waals surface area contributed by atoms with Crippen molar-refractivity contribution in [1.82, 2.24) is 4.90 Å². The van der Waals surface area contributed by atoms with Crippen molar-refractivity contribution in [2.24, 2.45) is 5.73 Å². The van der Waals surface area contributed by atoms with Gasteiger partial charge in [0.2, 0.25) is 0 Å². The highest BCUT2D eigenvalue weighted by molar-refractivity contribution is 4.68. The van der Waals surface area contributed by atoms with Crippen molar-refractivity contribution in [3.8, 4) is 0 Å². The molecule has 0 spiro atoms. The molecule has 1 aliphatic heterocycles. The van der Waals surface area contributed by atoms with Crippen molar-refractivity contribution in [3.05, 3.63) is 0 Å². The van der Waals surface area contributed by atoms with Gasteiger partial charge in [0.1, 0.15) is 0 Å². The molecule has 1 rings (SSSR count). The molecule has 0 amide bonds. The molecule has 2 N–H and O–H groups in total. The second-order valence-corrected chi connectivity index (χ2v) is 3.23. The predicted octanol–water partition coefficient (Wildman–Crippen LogP) is -0.318. The Hall–Kier alpha value is -0.160. The summed E-state index contributed by atoms with van der Waals surface area (Å²) in [5.41, 5.74) is 5.59. The van der Waals surface area contributed by atoms with Crippen LogP contribution in [0.3, 0.4) is 0 Å². The van der Waals surface area contributed by atoms with Crippen molar-refractivity contribution in [3.63, 3.8) is 0 Å². The smallest absolute Gasteiger partial charge is 0.0823 e. The molecule has 0 aromatic carbocycles. The largest absolute Gasteiger partial charge is 0.379 e. The highest BCUT2D eigenvalue weighted by Crippen LogP contribution is 2.00. The lowest BCUT2D eigenvalue weighted by molar-refractivity contribution is -0.00551. The van der Waals surface area contributed by atoms with Crippen LogP contribution < -0.4 is 5.73 Å². The average molecular weight is 188 g/mol. The highest BCUT2D eigenvalue weighted by Gasteiger charge is 2.15. The first-order chi connectivity index (χ1) is 6.36. The van der Waals surface area contributed by atoms with Gasteiger partial charge in [0.05, 0.1) is 19.3 Å². The van der Waals surface area contributed by atoms with Crippen LogP contribution >= 0.6 is 0 Å². The molecular weight excluding hydrogens is 168 g/mol. The van der Waals surface area contributed by atoms with Gasteiger partial charge in [-0.3, -0.25) is 4.90 Å². The van der Waals surface area contributed by atoms with Gasteiger partial charge in [-0.05, 0) is 6.92 Å². The summed E-state index contributed by atoms with van der Waals surface area (Å²) in [7, 11) is 0. The van der Waals surface area contributed by atoms with E-state index in [1.54, 1.807) is 0 Å². The molecule has 0 aromatic rings. The Bertz CT molecular complexity index is 124. The Morgan fingerprint density at radius 1 is 1.46 bits per heavy atom. The van der Waals surface area contributed by atoms with E-state index in [9.17, 15) is 0 Å². The average Bonchev–Trinajstić information content (AvgIpc) is 2.19. The van der Waals surface area contributed by atoms with Crippen molar-refractivity contribution in [2.45, 2.75) is 13.0 Å². The first kappa shape index (κ1) is 10.9. The fourth-order valence-corrected chi connectivity index (χ4v) is 1.50. The number of ether oxygens (including phenoxy) is 2. The quantitative estimate of drug-likeness (QED) is 0.642. The molecule has 1 aliphatic rings. The van der Waals surface area contributed by atoms with Crippen LogP contribution in [0.15, 0.2) is 0 Å². The number of rotatable bonds is 5. The highest BCUT2D eigenvalue weighted by atomic mass is 16.5. The maximum absolute atomic E-state index is 5.59. The van der Waals surface area contributed by atoms with E-state index in [1.807, 2.05) is 6.92 Å². The minimum atomic E-state index is 0.183. The number of hydrogen-bond donors (Lipinski definition) is 1. The van der Waals surface area contributed by atoms with Gasteiger partial charge < -0.3 is 15.2 Å². The van der Waals surface area contributed by atoms with E-state index < -0.39 is 0 Å². The molecule has 0 saturated carbocycles. The summed E-state index contributed by atoms with van der Waals surface area (Å²) in [4.78, 5) is 2.34. The van der Waals surface area contributed by atoms with Crippen LogP contribution in [0.1, 0.15) is 6.92 Å². The topological polar surface area (TPSA) is 47.7 Å². The standard InChI is InChI=1S/C9H20N2O2/c1-2-13-9(7-10)8-11-3-5-12-6-4-11/h9H,2-8,10H2,1H3. The first-order valence-corrected chi connectivity index (χ1v) is 4.98. The van der Waals surface area contributed by atoms with E-state index in [0.717, 1.165) is 39.5 Å². The molecule has 4 nitrogen and oxygen atoms in total. The van der Waals surface area contributed by atoms with E-state index in [4.69, 9.17) is 15.2 Å². The van der Waals surface area contributed by atoms with E-state index in [-0.39, 0.29) is 6.10 Å². The number of nitrogens with zero attached hydrogens (tertiary/aromatic N) is 1. The van der Waals surface area contributed by atoms with Crippen LogP contribution in [0.2, 0.25) is 0 Å². The number of hydrogen-bond acceptors (Lipinski definition) is 4. The Labute approximate surface area is 80.0 Å².